The molecule has 0 aliphatic rings. The van der Waals surface area contributed by atoms with Crippen molar-refractivity contribution < 1.29 is 13.9 Å². The van der Waals surface area contributed by atoms with Crippen LogP contribution in [0.2, 0.25) is 0 Å². The highest BCUT2D eigenvalue weighted by Gasteiger charge is 2.10. The van der Waals surface area contributed by atoms with Crippen LogP contribution in [0.3, 0.4) is 0 Å². The Kier molecular flexibility index (Phi) is 5.69. The summed E-state index contributed by atoms with van der Waals surface area (Å²) in [6.45, 7) is 0. The monoisotopic (exact) mass is 381 g/mol. The number of nitrogens with zero attached hydrogens (tertiary/aromatic N) is 2. The molecule has 0 amide bonds. The largest absolute Gasteiger partial charge is 0.493 e. The zero-order valence-electron chi connectivity index (χ0n) is 14.7. The van der Waals surface area contributed by atoms with Crippen molar-refractivity contribution in [3.63, 3.8) is 0 Å². The molecule has 0 fully saturated rings. The molecule has 0 spiro atoms. The standard InChI is InChI=1S/C20H16FN3O2S/c1-25-18-8-7-16(9-19(18)26-2)23-11-14(10-22)20-24-17(12-27-20)13-3-5-15(21)6-4-13/h3-9,11-12,23H,1-2H3. The van der Waals surface area contributed by atoms with E-state index in [9.17, 15) is 9.65 Å². The Hall–Kier alpha value is -3.37. The summed E-state index contributed by atoms with van der Waals surface area (Å²) in [7, 11) is 3.13. The quantitative estimate of drug-likeness (QED) is 0.613. The van der Waals surface area contributed by atoms with Gasteiger partial charge in [-0.25, -0.2) is 9.37 Å². The predicted octanol–water partition coefficient (Wildman–Crippen LogP) is 4.94. The van der Waals surface area contributed by atoms with Crippen molar-refractivity contribution >= 4 is 22.6 Å². The molecule has 0 radical (unpaired) electrons. The maximum absolute atomic E-state index is 13.1. The lowest BCUT2D eigenvalue weighted by Crippen LogP contribution is -1.94. The second-order valence-corrected chi connectivity index (χ2v) is 6.29. The lowest BCUT2D eigenvalue weighted by Gasteiger charge is -2.09. The number of allylic oxidation sites excluding steroid dienone is 1. The molecule has 27 heavy (non-hydrogen) atoms. The number of hydrogen-bond donors (Lipinski definition) is 1. The van der Waals surface area contributed by atoms with E-state index >= 15 is 0 Å². The zero-order chi connectivity index (χ0) is 19.2. The number of nitrogens with one attached hydrogen (secondary N) is 1. The lowest BCUT2D eigenvalue weighted by atomic mass is 10.2. The van der Waals surface area contributed by atoms with Crippen molar-refractivity contribution in [2.45, 2.75) is 0 Å². The van der Waals surface area contributed by atoms with Crippen LogP contribution in [0.5, 0.6) is 11.5 Å². The van der Waals surface area contributed by atoms with Gasteiger partial charge in [0.05, 0.1) is 19.9 Å². The molecule has 3 aromatic rings. The molecule has 0 aliphatic carbocycles. The number of thiazole rings is 1. The van der Waals surface area contributed by atoms with E-state index in [1.807, 2.05) is 11.4 Å². The second-order valence-electron chi connectivity index (χ2n) is 5.43. The maximum Gasteiger partial charge on any atom is 0.162 e. The van der Waals surface area contributed by atoms with Gasteiger partial charge in [0.2, 0.25) is 0 Å². The first-order chi connectivity index (χ1) is 13.1. The molecule has 0 bridgehead atoms. The molecule has 3 rings (SSSR count). The average molecular weight is 381 g/mol. The van der Waals surface area contributed by atoms with Crippen molar-refractivity contribution in [2.24, 2.45) is 0 Å². The molecule has 0 atom stereocenters. The average Bonchev–Trinajstić information content (AvgIpc) is 3.18. The molecule has 5 nitrogen and oxygen atoms in total. The smallest absolute Gasteiger partial charge is 0.162 e. The number of anilines is 1. The Morgan fingerprint density at radius 2 is 1.89 bits per heavy atom. The fourth-order valence-corrected chi connectivity index (χ4v) is 3.17. The summed E-state index contributed by atoms with van der Waals surface area (Å²) in [5, 5.41) is 15.0. The minimum Gasteiger partial charge on any atom is -0.493 e. The van der Waals surface area contributed by atoms with Gasteiger partial charge in [0, 0.05) is 28.9 Å². The predicted molar refractivity (Wildman–Crippen MR) is 104 cm³/mol. The van der Waals surface area contributed by atoms with E-state index in [2.05, 4.69) is 16.4 Å². The zero-order valence-corrected chi connectivity index (χ0v) is 15.5. The Morgan fingerprint density at radius 1 is 1.15 bits per heavy atom. The van der Waals surface area contributed by atoms with Gasteiger partial charge in [-0.05, 0) is 36.4 Å². The summed E-state index contributed by atoms with van der Waals surface area (Å²) in [5.41, 5.74) is 2.63. The highest BCUT2D eigenvalue weighted by molar-refractivity contribution is 7.11. The minimum atomic E-state index is -0.300. The van der Waals surface area contributed by atoms with Gasteiger partial charge >= 0.3 is 0 Å². The Balaban J connectivity index is 1.81. The molecule has 136 valence electrons. The highest BCUT2D eigenvalue weighted by Crippen LogP contribution is 2.30. The second kappa shape index (κ2) is 8.34. The van der Waals surface area contributed by atoms with Crippen molar-refractivity contribution in [1.29, 1.82) is 5.26 Å². The van der Waals surface area contributed by atoms with E-state index in [0.717, 1.165) is 11.3 Å². The number of benzene rings is 2. The summed E-state index contributed by atoms with van der Waals surface area (Å²) < 4.78 is 23.5. The number of hydrogen-bond acceptors (Lipinski definition) is 6. The van der Waals surface area contributed by atoms with Crippen LogP contribution in [0.25, 0.3) is 16.8 Å². The van der Waals surface area contributed by atoms with Gasteiger partial charge in [0.15, 0.2) is 11.5 Å². The van der Waals surface area contributed by atoms with Crippen molar-refractivity contribution in [2.75, 3.05) is 19.5 Å². The molecule has 1 heterocycles. The minimum absolute atomic E-state index is 0.300. The van der Waals surface area contributed by atoms with E-state index in [-0.39, 0.29) is 5.82 Å². The first kappa shape index (κ1) is 18.4. The van der Waals surface area contributed by atoms with Crippen LogP contribution >= 0.6 is 11.3 Å². The first-order valence-electron chi connectivity index (χ1n) is 7.95. The number of halogens is 1. The molecular weight excluding hydrogens is 365 g/mol. The summed E-state index contributed by atoms with van der Waals surface area (Å²) >= 11 is 1.35. The van der Waals surface area contributed by atoms with Gasteiger partial charge in [-0.3, -0.25) is 0 Å². The molecule has 0 unspecified atom stereocenters. The van der Waals surface area contributed by atoms with E-state index in [1.54, 1.807) is 44.7 Å². The molecule has 0 saturated heterocycles. The van der Waals surface area contributed by atoms with Crippen LogP contribution < -0.4 is 14.8 Å². The number of ether oxygens (including phenoxy) is 2. The third kappa shape index (κ3) is 4.25. The molecule has 0 saturated carbocycles. The van der Waals surface area contributed by atoms with Crippen LogP contribution in [-0.2, 0) is 0 Å². The summed E-state index contributed by atoms with van der Waals surface area (Å²) in [6, 6.07) is 13.6. The van der Waals surface area contributed by atoms with Gasteiger partial charge < -0.3 is 14.8 Å². The van der Waals surface area contributed by atoms with Crippen molar-refractivity contribution in [1.82, 2.24) is 4.98 Å². The van der Waals surface area contributed by atoms with Gasteiger partial charge in [-0.2, -0.15) is 5.26 Å². The van der Waals surface area contributed by atoms with Crippen molar-refractivity contribution in [3.05, 3.63) is 64.9 Å². The third-order valence-electron chi connectivity index (χ3n) is 3.76. The normalized spacial score (nSPS) is 11.0. The van der Waals surface area contributed by atoms with Crippen molar-refractivity contribution in [3.8, 4) is 28.8 Å². The fourth-order valence-electron chi connectivity index (χ4n) is 2.37. The fraction of sp³-hybridized carbons (Fsp3) is 0.100. The summed E-state index contributed by atoms with van der Waals surface area (Å²) in [4.78, 5) is 4.48. The summed E-state index contributed by atoms with van der Waals surface area (Å²) in [5.74, 6) is 0.907. The molecule has 1 N–H and O–H groups in total. The van der Waals surface area contributed by atoms with Crippen LogP contribution in [0, 0.1) is 17.1 Å². The summed E-state index contributed by atoms with van der Waals surface area (Å²) in [6.07, 6.45) is 1.59. The first-order valence-corrected chi connectivity index (χ1v) is 8.83. The lowest BCUT2D eigenvalue weighted by molar-refractivity contribution is 0.355. The van der Waals surface area contributed by atoms with Gasteiger partial charge in [-0.1, -0.05) is 0 Å². The van der Waals surface area contributed by atoms with E-state index in [4.69, 9.17) is 9.47 Å². The molecule has 0 aliphatic heterocycles. The highest BCUT2D eigenvalue weighted by atomic mass is 32.1. The van der Waals surface area contributed by atoms with E-state index < -0.39 is 0 Å². The van der Waals surface area contributed by atoms with E-state index in [0.29, 0.717) is 27.8 Å². The molecule has 7 heteroatoms. The Bertz CT molecular complexity index is 1010. The number of rotatable bonds is 6. The maximum atomic E-state index is 13.1. The molecular formula is C20H16FN3O2S. The van der Waals surface area contributed by atoms with Crippen LogP contribution in [0.4, 0.5) is 10.1 Å². The van der Waals surface area contributed by atoms with Crippen LogP contribution in [0.15, 0.2) is 54.0 Å². The SMILES string of the molecule is COc1ccc(NC=C(C#N)c2nc(-c3ccc(F)cc3)cs2)cc1OC. The van der Waals surface area contributed by atoms with Gasteiger partial charge in [0.25, 0.3) is 0 Å². The number of nitriles is 1. The topological polar surface area (TPSA) is 67.2 Å². The van der Waals surface area contributed by atoms with Crippen LogP contribution in [0.1, 0.15) is 5.01 Å². The molecule has 2 aromatic carbocycles. The van der Waals surface area contributed by atoms with Gasteiger partial charge in [0.1, 0.15) is 22.5 Å². The van der Waals surface area contributed by atoms with Crippen LogP contribution in [-0.4, -0.2) is 19.2 Å². The Morgan fingerprint density at radius 3 is 2.56 bits per heavy atom. The number of aromatic nitrogens is 1. The van der Waals surface area contributed by atoms with Gasteiger partial charge in [-0.15, -0.1) is 11.3 Å². The van der Waals surface area contributed by atoms with E-state index in [1.165, 1.54) is 23.5 Å². The number of methoxy groups -OCH3 is 2. The molecule has 1 aromatic heterocycles. The Labute approximate surface area is 160 Å². The third-order valence-corrected chi connectivity index (χ3v) is 4.64.